The third kappa shape index (κ3) is 3.43. The second-order valence-corrected chi connectivity index (χ2v) is 8.98. The van der Waals surface area contributed by atoms with Gasteiger partial charge in [-0.3, -0.25) is 0 Å². The third-order valence-electron chi connectivity index (χ3n) is 6.51. The standard InChI is InChI=1S/C24H26N10/c1-3-21-25-22(4-1)32-12-8-28(18-32)16-30-10-14-34(20-30)24-6-2-5-23(26-24)33-13-9-29(19-33)15-27-7-11-31(21)17-27/h1-14H,15-20H2. The number of fused-ring (bicyclic) bond motifs is 16. The molecule has 5 aliphatic heterocycles. The van der Waals surface area contributed by atoms with Gasteiger partial charge in [-0.15, -0.1) is 0 Å². The van der Waals surface area contributed by atoms with Crippen molar-refractivity contribution in [1.29, 1.82) is 0 Å². The van der Waals surface area contributed by atoms with Gasteiger partial charge in [0.25, 0.3) is 0 Å². The van der Waals surface area contributed by atoms with Crippen molar-refractivity contribution in [3.05, 3.63) is 86.0 Å². The molecule has 0 atom stereocenters. The van der Waals surface area contributed by atoms with Crippen molar-refractivity contribution in [2.45, 2.75) is 0 Å². The van der Waals surface area contributed by atoms with Crippen molar-refractivity contribution in [3.63, 3.8) is 0 Å². The molecule has 7 rings (SSSR count). The molecular formula is C24H26N10. The first-order chi connectivity index (χ1) is 16.8. The Labute approximate surface area is 198 Å². The molecule has 7 heterocycles. The van der Waals surface area contributed by atoms with Gasteiger partial charge in [-0.2, -0.15) is 0 Å². The molecular weight excluding hydrogens is 428 g/mol. The molecule has 0 amide bonds. The maximum atomic E-state index is 4.95. The molecule has 172 valence electrons. The van der Waals surface area contributed by atoms with Crippen LogP contribution in [0.15, 0.2) is 86.0 Å². The quantitative estimate of drug-likeness (QED) is 0.593. The van der Waals surface area contributed by atoms with E-state index in [1.54, 1.807) is 0 Å². The van der Waals surface area contributed by atoms with E-state index in [0.717, 1.165) is 63.3 Å². The second-order valence-electron chi connectivity index (χ2n) is 8.98. The number of rotatable bonds is 0. The van der Waals surface area contributed by atoms with E-state index in [-0.39, 0.29) is 0 Å². The van der Waals surface area contributed by atoms with Crippen LogP contribution >= 0.6 is 0 Å². The summed E-state index contributed by atoms with van der Waals surface area (Å²) in [6, 6.07) is 12.4. The molecule has 10 nitrogen and oxygen atoms in total. The number of hydrogen-bond acceptors (Lipinski definition) is 10. The highest BCUT2D eigenvalue weighted by atomic mass is 15.5. The summed E-state index contributed by atoms with van der Waals surface area (Å²) in [7, 11) is 0. The van der Waals surface area contributed by atoms with Gasteiger partial charge in [0.05, 0.1) is 40.0 Å². The SMILES string of the molecule is C1=CN2CN1CN1C=CN(C1)c1cccc(n1)N1C=CN(CN3C=CN(C3)c3cccc2n3)C1. The lowest BCUT2D eigenvalue weighted by atomic mass is 10.4. The van der Waals surface area contributed by atoms with Crippen molar-refractivity contribution in [2.24, 2.45) is 0 Å². The van der Waals surface area contributed by atoms with Crippen molar-refractivity contribution in [2.75, 3.05) is 59.6 Å². The lowest BCUT2D eigenvalue weighted by Crippen LogP contribution is -2.37. The zero-order valence-electron chi connectivity index (χ0n) is 18.8. The van der Waals surface area contributed by atoms with Crippen LogP contribution in [-0.4, -0.2) is 69.6 Å². The number of pyridine rings is 2. The second kappa shape index (κ2) is 7.62. The van der Waals surface area contributed by atoms with Crippen LogP contribution < -0.4 is 19.6 Å². The summed E-state index contributed by atoms with van der Waals surface area (Å²) >= 11 is 0. The van der Waals surface area contributed by atoms with Gasteiger partial charge in [0.1, 0.15) is 23.3 Å². The molecule has 2 aromatic heterocycles. The molecule has 5 aliphatic rings. The number of hydrogen-bond donors (Lipinski definition) is 0. The van der Waals surface area contributed by atoms with E-state index in [0.29, 0.717) is 0 Å². The van der Waals surface area contributed by atoms with Crippen molar-refractivity contribution in [3.8, 4) is 0 Å². The monoisotopic (exact) mass is 454 g/mol. The third-order valence-corrected chi connectivity index (χ3v) is 6.51. The lowest BCUT2D eigenvalue weighted by Gasteiger charge is -2.29. The van der Waals surface area contributed by atoms with Gasteiger partial charge in [-0.25, -0.2) is 9.97 Å². The average molecular weight is 455 g/mol. The maximum absolute atomic E-state index is 4.95. The van der Waals surface area contributed by atoms with Gasteiger partial charge in [-0.1, -0.05) is 12.1 Å². The molecule has 0 saturated heterocycles. The Morgan fingerprint density at radius 3 is 0.971 bits per heavy atom. The molecule has 0 radical (unpaired) electrons. The predicted octanol–water partition coefficient (Wildman–Crippen LogP) is 2.31. The summed E-state index contributed by atoms with van der Waals surface area (Å²) in [5, 5.41) is 0. The highest BCUT2D eigenvalue weighted by molar-refractivity contribution is 5.54. The Balaban J connectivity index is 1.18. The van der Waals surface area contributed by atoms with Crippen molar-refractivity contribution in [1.82, 2.24) is 29.6 Å². The van der Waals surface area contributed by atoms with E-state index in [1.165, 1.54) is 0 Å². The minimum absolute atomic E-state index is 0.770. The first-order valence-electron chi connectivity index (χ1n) is 11.5. The Bertz CT molecular complexity index is 1030. The highest BCUT2D eigenvalue weighted by Crippen LogP contribution is 2.26. The fourth-order valence-electron chi connectivity index (χ4n) is 4.75. The van der Waals surface area contributed by atoms with Crippen molar-refractivity contribution < 1.29 is 0 Å². The lowest BCUT2D eigenvalue weighted by molar-refractivity contribution is 0.249. The summed E-state index contributed by atoms with van der Waals surface area (Å²) in [5.41, 5.74) is 0. The van der Waals surface area contributed by atoms with Gasteiger partial charge < -0.3 is 39.2 Å². The van der Waals surface area contributed by atoms with Crippen LogP contribution in [0.3, 0.4) is 0 Å². The smallest absolute Gasteiger partial charge is 0.136 e. The summed E-state index contributed by atoms with van der Waals surface area (Å²) < 4.78 is 0. The van der Waals surface area contributed by atoms with E-state index >= 15 is 0 Å². The molecule has 0 spiro atoms. The minimum atomic E-state index is 0.770. The first kappa shape index (κ1) is 19.2. The zero-order chi connectivity index (χ0) is 22.5. The Morgan fingerprint density at radius 1 is 0.382 bits per heavy atom. The average Bonchev–Trinajstić information content (AvgIpc) is 3.67. The van der Waals surface area contributed by atoms with Gasteiger partial charge in [-0.05, 0) is 24.3 Å². The summed E-state index contributed by atoms with van der Waals surface area (Å²) in [6.07, 6.45) is 17.0. The normalized spacial score (nSPS) is 20.5. The fourth-order valence-corrected chi connectivity index (χ4v) is 4.75. The first-order valence-corrected chi connectivity index (χ1v) is 11.5. The van der Waals surface area contributed by atoms with Crippen LogP contribution in [0.5, 0.6) is 0 Å². The molecule has 12 bridgehead atoms. The Morgan fingerprint density at radius 2 is 0.676 bits per heavy atom. The maximum Gasteiger partial charge on any atom is 0.136 e. The van der Waals surface area contributed by atoms with E-state index in [2.05, 4.69) is 125 Å². The van der Waals surface area contributed by atoms with Crippen LogP contribution in [0, 0.1) is 0 Å². The van der Waals surface area contributed by atoms with Gasteiger partial charge in [0.2, 0.25) is 0 Å². The topological polar surface area (TPSA) is 51.7 Å². The van der Waals surface area contributed by atoms with Gasteiger partial charge >= 0.3 is 0 Å². The van der Waals surface area contributed by atoms with E-state index in [9.17, 15) is 0 Å². The van der Waals surface area contributed by atoms with E-state index < -0.39 is 0 Å². The fraction of sp³-hybridized carbons (Fsp3) is 0.250. The molecule has 0 aromatic carbocycles. The molecule has 2 aromatic rings. The number of nitrogens with zero attached hydrogens (tertiary/aromatic N) is 10. The van der Waals surface area contributed by atoms with Crippen LogP contribution in [0.25, 0.3) is 0 Å². The van der Waals surface area contributed by atoms with E-state index in [4.69, 9.17) is 9.97 Å². The van der Waals surface area contributed by atoms with Crippen LogP contribution in [0.2, 0.25) is 0 Å². The Hall–Kier alpha value is -4.34. The summed E-state index contributed by atoms with van der Waals surface area (Å²) in [5.74, 6) is 3.82. The highest BCUT2D eigenvalue weighted by Gasteiger charge is 2.24. The van der Waals surface area contributed by atoms with Crippen molar-refractivity contribution >= 4 is 23.3 Å². The molecule has 34 heavy (non-hydrogen) atoms. The molecule has 0 unspecified atom stereocenters. The van der Waals surface area contributed by atoms with Crippen LogP contribution in [0.4, 0.5) is 23.3 Å². The summed E-state index contributed by atoms with van der Waals surface area (Å²) in [6.45, 7) is 4.68. The van der Waals surface area contributed by atoms with Crippen LogP contribution in [-0.2, 0) is 0 Å². The minimum Gasteiger partial charge on any atom is -0.341 e. The molecule has 10 heteroatoms. The molecule has 0 aliphatic carbocycles. The summed E-state index contributed by atoms with van der Waals surface area (Å²) in [4.78, 5) is 27.8. The molecule has 0 saturated carbocycles. The van der Waals surface area contributed by atoms with E-state index in [1.807, 2.05) is 0 Å². The van der Waals surface area contributed by atoms with Crippen LogP contribution in [0.1, 0.15) is 0 Å². The Kier molecular flexibility index (Phi) is 4.29. The van der Waals surface area contributed by atoms with Gasteiger partial charge in [0, 0.05) is 49.6 Å². The largest absolute Gasteiger partial charge is 0.341 e. The molecule has 0 fully saturated rings. The number of aromatic nitrogens is 2. The number of anilines is 4. The predicted molar refractivity (Wildman–Crippen MR) is 132 cm³/mol. The van der Waals surface area contributed by atoms with Gasteiger partial charge in [0.15, 0.2) is 0 Å². The zero-order valence-corrected chi connectivity index (χ0v) is 18.8. The molecule has 0 N–H and O–H groups in total.